The predicted octanol–water partition coefficient (Wildman–Crippen LogP) is 1.93. The van der Waals surface area contributed by atoms with E-state index >= 15 is 0 Å². The van der Waals surface area contributed by atoms with Gasteiger partial charge >= 0.3 is 5.97 Å². The summed E-state index contributed by atoms with van der Waals surface area (Å²) in [5.74, 6) is -1.08. The molecule has 0 atom stereocenters. The van der Waals surface area contributed by atoms with E-state index in [4.69, 9.17) is 5.11 Å². The van der Waals surface area contributed by atoms with Gasteiger partial charge in [0.15, 0.2) is 0 Å². The maximum atomic E-state index is 12.1. The summed E-state index contributed by atoms with van der Waals surface area (Å²) in [6.45, 7) is 3.47. The van der Waals surface area contributed by atoms with Crippen molar-refractivity contribution in [1.29, 1.82) is 0 Å². The van der Waals surface area contributed by atoms with Gasteiger partial charge in [-0.05, 0) is 48.7 Å². The van der Waals surface area contributed by atoms with Gasteiger partial charge in [-0.3, -0.25) is 4.72 Å². The van der Waals surface area contributed by atoms with Crippen LogP contribution in [0.3, 0.4) is 0 Å². The minimum absolute atomic E-state index is 0.00342. The Labute approximate surface area is 123 Å². The molecule has 1 rings (SSSR count). The molecule has 0 radical (unpaired) electrons. The lowest BCUT2D eigenvalue weighted by Gasteiger charge is -2.08. The lowest BCUT2D eigenvalue weighted by molar-refractivity contribution is 0.0697. The Balaban J connectivity index is 2.98. The van der Waals surface area contributed by atoms with Gasteiger partial charge in [0.1, 0.15) is 0 Å². The molecule has 0 heterocycles. The van der Waals surface area contributed by atoms with Crippen molar-refractivity contribution in [3.05, 3.63) is 65.7 Å². The van der Waals surface area contributed by atoms with Crippen molar-refractivity contribution in [2.75, 3.05) is 11.8 Å². The molecule has 0 saturated heterocycles. The fourth-order valence-corrected chi connectivity index (χ4v) is 2.44. The molecule has 1 aromatic carbocycles. The van der Waals surface area contributed by atoms with Crippen molar-refractivity contribution in [3.63, 3.8) is 0 Å². The Kier molecular flexibility index (Phi) is 5.74. The Morgan fingerprint density at radius 3 is 2.38 bits per heavy atom. The number of hydrogen-bond donors (Lipinski definition) is 3. The fourth-order valence-electron chi connectivity index (χ4n) is 1.40. The van der Waals surface area contributed by atoms with Crippen LogP contribution < -0.4 is 10.0 Å². The highest BCUT2D eigenvalue weighted by Crippen LogP contribution is 2.16. The number of carboxylic acids is 1. The average Bonchev–Trinajstić information content (AvgIpc) is 2.43. The second-order valence-electron chi connectivity index (χ2n) is 3.91. The third-order valence-electron chi connectivity index (χ3n) is 2.42. The van der Waals surface area contributed by atoms with E-state index in [-0.39, 0.29) is 16.2 Å². The first-order chi connectivity index (χ1) is 9.90. The van der Waals surface area contributed by atoms with E-state index in [0.29, 0.717) is 0 Å². The number of hydrogen-bond acceptors (Lipinski definition) is 4. The van der Waals surface area contributed by atoms with Crippen LogP contribution in [0.5, 0.6) is 0 Å². The number of allylic oxidation sites excluding steroid dienone is 3. The van der Waals surface area contributed by atoms with E-state index < -0.39 is 16.0 Å². The molecule has 21 heavy (non-hydrogen) atoms. The van der Waals surface area contributed by atoms with Gasteiger partial charge in [-0.1, -0.05) is 6.58 Å². The maximum Gasteiger partial charge on any atom is 0.335 e. The van der Waals surface area contributed by atoms with Crippen LogP contribution in [-0.4, -0.2) is 26.5 Å². The molecule has 0 bridgehead atoms. The Morgan fingerprint density at radius 2 is 1.90 bits per heavy atom. The number of carboxylic acid groups (broad SMARTS) is 1. The second kappa shape index (κ2) is 7.30. The Morgan fingerprint density at radius 1 is 1.29 bits per heavy atom. The van der Waals surface area contributed by atoms with Gasteiger partial charge in [0.05, 0.1) is 10.5 Å². The third kappa shape index (κ3) is 4.81. The molecular weight excluding hydrogens is 292 g/mol. The van der Waals surface area contributed by atoms with Crippen LogP contribution in [-0.2, 0) is 10.0 Å². The number of benzene rings is 1. The number of nitrogens with one attached hydrogen (secondary N) is 2. The number of aromatic carboxylic acids is 1. The SMILES string of the molecule is C=C/C(=C\C=C/NC)S(=O)(=O)Nc1ccc(C(=O)O)cc1. The van der Waals surface area contributed by atoms with Crippen LogP contribution in [0.2, 0.25) is 0 Å². The predicted molar refractivity (Wildman–Crippen MR) is 82.4 cm³/mol. The number of sulfonamides is 1. The van der Waals surface area contributed by atoms with Crippen LogP contribution >= 0.6 is 0 Å². The lowest BCUT2D eigenvalue weighted by atomic mass is 10.2. The fraction of sp³-hybridized carbons (Fsp3) is 0.0714. The zero-order valence-electron chi connectivity index (χ0n) is 11.4. The topological polar surface area (TPSA) is 95.5 Å². The molecule has 0 unspecified atom stereocenters. The molecule has 1 aromatic rings. The Bertz CT molecular complexity index is 673. The number of carbonyl (C=O) groups is 1. The van der Waals surface area contributed by atoms with Crippen molar-refractivity contribution in [1.82, 2.24) is 5.32 Å². The van der Waals surface area contributed by atoms with Gasteiger partial charge in [-0.25, -0.2) is 13.2 Å². The minimum atomic E-state index is -3.77. The van der Waals surface area contributed by atoms with E-state index in [0.717, 1.165) is 0 Å². The highest BCUT2D eigenvalue weighted by Gasteiger charge is 2.14. The zero-order chi connectivity index (χ0) is 15.9. The van der Waals surface area contributed by atoms with Crippen molar-refractivity contribution < 1.29 is 18.3 Å². The van der Waals surface area contributed by atoms with E-state index in [1.165, 1.54) is 42.5 Å². The van der Waals surface area contributed by atoms with Crippen molar-refractivity contribution >= 4 is 21.7 Å². The van der Waals surface area contributed by atoms with Gasteiger partial charge in [0, 0.05) is 12.7 Å². The monoisotopic (exact) mass is 308 g/mol. The summed E-state index contributed by atoms with van der Waals surface area (Å²) >= 11 is 0. The molecule has 0 fully saturated rings. The highest BCUT2D eigenvalue weighted by atomic mass is 32.2. The first-order valence-corrected chi connectivity index (χ1v) is 7.41. The first-order valence-electron chi connectivity index (χ1n) is 5.93. The summed E-state index contributed by atoms with van der Waals surface area (Å²) in [6.07, 6.45) is 5.70. The Hall–Kier alpha value is -2.54. The smallest absolute Gasteiger partial charge is 0.335 e. The largest absolute Gasteiger partial charge is 0.478 e. The van der Waals surface area contributed by atoms with Crippen LogP contribution in [0.4, 0.5) is 5.69 Å². The van der Waals surface area contributed by atoms with Gasteiger partial charge in [0.2, 0.25) is 0 Å². The molecule has 112 valence electrons. The summed E-state index contributed by atoms with van der Waals surface area (Å²) in [4.78, 5) is 10.7. The van der Waals surface area contributed by atoms with Crippen LogP contribution in [0, 0.1) is 0 Å². The lowest BCUT2D eigenvalue weighted by Crippen LogP contribution is -2.14. The van der Waals surface area contributed by atoms with E-state index in [9.17, 15) is 13.2 Å². The molecule has 0 aliphatic heterocycles. The second-order valence-corrected chi connectivity index (χ2v) is 5.59. The summed E-state index contributed by atoms with van der Waals surface area (Å²) in [6, 6.07) is 5.40. The molecule has 3 N–H and O–H groups in total. The molecule has 0 aliphatic rings. The standard InChI is InChI=1S/C14H16N2O4S/c1-3-13(5-4-10-15-2)21(19,20)16-12-8-6-11(7-9-12)14(17)18/h3-10,15-16H,1H2,2H3,(H,17,18)/b10-4-,13-5+. The summed E-state index contributed by atoms with van der Waals surface area (Å²) in [5, 5.41) is 11.5. The van der Waals surface area contributed by atoms with Crippen LogP contribution in [0.1, 0.15) is 10.4 Å². The molecule has 6 nitrogen and oxygen atoms in total. The van der Waals surface area contributed by atoms with Gasteiger partial charge < -0.3 is 10.4 Å². The first kappa shape index (κ1) is 16.5. The maximum absolute atomic E-state index is 12.1. The minimum Gasteiger partial charge on any atom is -0.478 e. The average molecular weight is 308 g/mol. The third-order valence-corrected chi connectivity index (χ3v) is 3.85. The van der Waals surface area contributed by atoms with Crippen molar-refractivity contribution in [2.24, 2.45) is 0 Å². The summed E-state index contributed by atoms with van der Waals surface area (Å²) in [5.41, 5.74) is 0.347. The quantitative estimate of drug-likeness (QED) is 0.669. The van der Waals surface area contributed by atoms with Crippen LogP contribution in [0.25, 0.3) is 0 Å². The molecule has 0 amide bonds. The molecular formula is C14H16N2O4S. The van der Waals surface area contributed by atoms with Crippen LogP contribution in [0.15, 0.2) is 60.2 Å². The zero-order valence-corrected chi connectivity index (χ0v) is 12.2. The molecule has 0 saturated carbocycles. The van der Waals surface area contributed by atoms with Gasteiger partial charge in [0.25, 0.3) is 10.0 Å². The molecule has 0 aromatic heterocycles. The van der Waals surface area contributed by atoms with E-state index in [1.807, 2.05) is 0 Å². The normalized spacial score (nSPS) is 12.1. The number of rotatable bonds is 7. The summed E-state index contributed by atoms with van der Waals surface area (Å²) < 4.78 is 26.6. The van der Waals surface area contributed by atoms with Crippen molar-refractivity contribution in [2.45, 2.75) is 0 Å². The van der Waals surface area contributed by atoms with E-state index in [2.05, 4.69) is 16.6 Å². The molecule has 0 aliphatic carbocycles. The molecule has 7 heteroatoms. The van der Waals surface area contributed by atoms with Gasteiger partial charge in [-0.2, -0.15) is 0 Å². The van der Waals surface area contributed by atoms with E-state index in [1.54, 1.807) is 13.2 Å². The summed E-state index contributed by atoms with van der Waals surface area (Å²) in [7, 11) is -2.08. The van der Waals surface area contributed by atoms with Gasteiger partial charge in [-0.15, -0.1) is 0 Å². The van der Waals surface area contributed by atoms with Crippen molar-refractivity contribution in [3.8, 4) is 0 Å². The number of anilines is 1. The molecule has 0 spiro atoms. The highest BCUT2D eigenvalue weighted by molar-refractivity contribution is 7.96.